The molecule has 1 heterocycles. The summed E-state index contributed by atoms with van der Waals surface area (Å²) < 4.78 is 6.63. The third kappa shape index (κ3) is 3.88. The third-order valence-corrected chi connectivity index (χ3v) is 5.05. The molecular weight excluding hydrogens is 390 g/mol. The van der Waals surface area contributed by atoms with Gasteiger partial charge in [0.1, 0.15) is 5.69 Å². The van der Waals surface area contributed by atoms with Gasteiger partial charge in [0.05, 0.1) is 12.0 Å². The first-order valence-corrected chi connectivity index (χ1v) is 9.36. The van der Waals surface area contributed by atoms with Crippen molar-refractivity contribution in [1.29, 1.82) is 0 Å². The van der Waals surface area contributed by atoms with E-state index < -0.39 is 0 Å². The van der Waals surface area contributed by atoms with Gasteiger partial charge in [0.2, 0.25) is 0 Å². The maximum absolute atomic E-state index is 5.63. The van der Waals surface area contributed by atoms with Gasteiger partial charge in [-0.15, -0.1) is 0 Å². The van der Waals surface area contributed by atoms with Crippen LogP contribution in [0.5, 0.6) is 0 Å². The molecular formula is C21H22BrN3O. The Balaban J connectivity index is 1.95. The minimum absolute atomic E-state index is 0.762. The number of halogens is 1. The van der Waals surface area contributed by atoms with Gasteiger partial charge < -0.3 is 9.42 Å². The quantitative estimate of drug-likeness (QED) is 0.381. The van der Waals surface area contributed by atoms with E-state index in [2.05, 4.69) is 59.0 Å². The lowest BCUT2D eigenvalue weighted by Crippen LogP contribution is -2.14. The van der Waals surface area contributed by atoms with Crippen molar-refractivity contribution in [3.8, 4) is 22.6 Å². The summed E-state index contributed by atoms with van der Waals surface area (Å²) in [5.74, 6) is 0.762. The summed E-state index contributed by atoms with van der Waals surface area (Å²) in [5, 5.41) is 4.25. The van der Waals surface area contributed by atoms with Gasteiger partial charge in [0.25, 0.3) is 0 Å². The largest absolute Gasteiger partial charge is 0.366 e. The van der Waals surface area contributed by atoms with E-state index >= 15 is 0 Å². The maximum atomic E-state index is 5.63. The van der Waals surface area contributed by atoms with E-state index in [0.29, 0.717) is 0 Å². The van der Waals surface area contributed by atoms with E-state index in [4.69, 9.17) is 4.52 Å². The molecule has 0 spiro atoms. The fraction of sp³-hybridized carbons (Fsp3) is 0.238. The molecule has 0 unspecified atom stereocenters. The number of aryl methyl sites for hydroxylation is 2. The van der Waals surface area contributed by atoms with Crippen LogP contribution in [-0.2, 0) is 0 Å². The highest BCUT2D eigenvalue weighted by molar-refractivity contribution is 9.10. The number of rotatable bonds is 5. The Hall–Kier alpha value is -2.40. The lowest BCUT2D eigenvalue weighted by Gasteiger charge is -2.10. The summed E-state index contributed by atoms with van der Waals surface area (Å²) in [5.41, 5.74) is 6.05. The number of nitrogens with zero attached hydrogens (tertiary/aromatic N) is 3. The molecule has 3 aromatic rings. The van der Waals surface area contributed by atoms with Crippen LogP contribution < -0.4 is 0 Å². The fourth-order valence-electron chi connectivity index (χ4n) is 2.65. The number of hydrogen-bond acceptors (Lipinski definition) is 3. The number of aromatic nitrogens is 1. The van der Waals surface area contributed by atoms with E-state index in [0.717, 1.165) is 50.4 Å². The molecule has 0 aliphatic carbocycles. The zero-order chi connectivity index (χ0) is 18.7. The summed E-state index contributed by atoms with van der Waals surface area (Å²) in [6.07, 6.45) is 1.86. The number of hydrogen-bond donors (Lipinski definition) is 0. The topological polar surface area (TPSA) is 41.6 Å². The highest BCUT2D eigenvalue weighted by atomic mass is 79.9. The highest BCUT2D eigenvalue weighted by Crippen LogP contribution is 2.34. The van der Waals surface area contributed by atoms with Crippen LogP contribution in [0.25, 0.3) is 22.6 Å². The van der Waals surface area contributed by atoms with Crippen molar-refractivity contribution in [1.82, 2.24) is 10.1 Å². The van der Waals surface area contributed by atoms with Crippen molar-refractivity contribution >= 4 is 28.0 Å². The molecule has 3 rings (SSSR count). The monoisotopic (exact) mass is 411 g/mol. The minimum Gasteiger partial charge on any atom is -0.366 e. The normalized spacial score (nSPS) is 11.3. The Morgan fingerprint density at radius 1 is 1.12 bits per heavy atom. The van der Waals surface area contributed by atoms with Gasteiger partial charge in [-0.1, -0.05) is 39.3 Å². The molecule has 0 aliphatic rings. The molecule has 26 heavy (non-hydrogen) atoms. The van der Waals surface area contributed by atoms with Gasteiger partial charge in [0.15, 0.2) is 5.76 Å². The highest BCUT2D eigenvalue weighted by Gasteiger charge is 2.14. The zero-order valence-corrected chi connectivity index (χ0v) is 17.0. The van der Waals surface area contributed by atoms with Crippen LogP contribution in [-0.4, -0.2) is 30.0 Å². The second kappa shape index (κ2) is 7.87. The maximum Gasteiger partial charge on any atom is 0.167 e. The molecule has 5 heteroatoms. The lowest BCUT2D eigenvalue weighted by atomic mass is 10.0. The second-order valence-corrected chi connectivity index (χ2v) is 7.18. The van der Waals surface area contributed by atoms with E-state index in [9.17, 15) is 0 Å². The van der Waals surface area contributed by atoms with Crippen LogP contribution >= 0.6 is 15.9 Å². The molecule has 0 fully saturated rings. The predicted molar refractivity (Wildman–Crippen MR) is 111 cm³/mol. The molecule has 0 amide bonds. The van der Waals surface area contributed by atoms with Crippen LogP contribution in [0.15, 0.2) is 56.5 Å². The average Bonchev–Trinajstić information content (AvgIpc) is 3.11. The first-order valence-electron chi connectivity index (χ1n) is 8.57. The summed E-state index contributed by atoms with van der Waals surface area (Å²) in [6.45, 7) is 7.15. The number of benzene rings is 2. The molecule has 1 aromatic heterocycles. The molecule has 134 valence electrons. The van der Waals surface area contributed by atoms with Crippen LogP contribution in [0.4, 0.5) is 5.69 Å². The van der Waals surface area contributed by atoms with Crippen LogP contribution in [0.3, 0.4) is 0 Å². The molecule has 0 saturated heterocycles. The summed E-state index contributed by atoms with van der Waals surface area (Å²) in [6, 6.07) is 14.2. The Kier molecular flexibility index (Phi) is 5.57. The molecule has 0 atom stereocenters. The molecule has 4 nitrogen and oxygen atoms in total. The summed E-state index contributed by atoms with van der Waals surface area (Å²) in [7, 11) is 2.01. The SMILES string of the molecule is CCN(C)C=Nc1cc(C)c(-c2cc(-c3ccccc3Br)no2)cc1C. The van der Waals surface area contributed by atoms with E-state index in [1.165, 1.54) is 0 Å². The van der Waals surface area contributed by atoms with Gasteiger partial charge in [-0.2, -0.15) is 0 Å². The van der Waals surface area contributed by atoms with Crippen molar-refractivity contribution in [3.05, 3.63) is 58.1 Å². The second-order valence-electron chi connectivity index (χ2n) is 6.33. The van der Waals surface area contributed by atoms with Crippen molar-refractivity contribution in [3.63, 3.8) is 0 Å². The van der Waals surface area contributed by atoms with E-state index in [-0.39, 0.29) is 0 Å². The third-order valence-electron chi connectivity index (χ3n) is 4.36. The average molecular weight is 412 g/mol. The van der Waals surface area contributed by atoms with E-state index in [1.807, 2.05) is 48.6 Å². The van der Waals surface area contributed by atoms with Crippen LogP contribution in [0.1, 0.15) is 18.1 Å². The predicted octanol–water partition coefficient (Wildman–Crippen LogP) is 6.00. The fourth-order valence-corrected chi connectivity index (χ4v) is 3.13. The van der Waals surface area contributed by atoms with Gasteiger partial charge >= 0.3 is 0 Å². The van der Waals surface area contributed by atoms with Gasteiger partial charge in [-0.05, 0) is 50.1 Å². The summed E-state index contributed by atoms with van der Waals surface area (Å²) >= 11 is 3.57. The van der Waals surface area contributed by atoms with Crippen molar-refractivity contribution in [2.24, 2.45) is 4.99 Å². The Bertz CT molecular complexity index is 946. The van der Waals surface area contributed by atoms with E-state index in [1.54, 1.807) is 0 Å². The molecule has 0 aliphatic heterocycles. The molecule has 0 radical (unpaired) electrons. The van der Waals surface area contributed by atoms with Crippen LogP contribution in [0, 0.1) is 13.8 Å². The van der Waals surface area contributed by atoms with Gasteiger partial charge in [-0.3, -0.25) is 0 Å². The Morgan fingerprint density at radius 3 is 2.62 bits per heavy atom. The molecule has 2 aromatic carbocycles. The molecule has 0 bridgehead atoms. The standard InChI is InChI=1S/C21H22BrN3O/c1-5-25(4)13-23-19-11-14(2)17(10-15(19)3)21-12-20(24-26-21)16-8-6-7-9-18(16)22/h6-13H,5H2,1-4H3. The first-order chi connectivity index (χ1) is 12.5. The van der Waals surface area contributed by atoms with Gasteiger partial charge in [0, 0.05) is 35.3 Å². The summed E-state index contributed by atoms with van der Waals surface area (Å²) in [4.78, 5) is 6.63. The van der Waals surface area contributed by atoms with Crippen LogP contribution in [0.2, 0.25) is 0 Å². The lowest BCUT2D eigenvalue weighted by molar-refractivity contribution is 0.434. The number of aliphatic imine (C=N–C) groups is 1. The Morgan fingerprint density at radius 2 is 1.88 bits per heavy atom. The van der Waals surface area contributed by atoms with Crippen molar-refractivity contribution < 1.29 is 4.52 Å². The molecule has 0 saturated carbocycles. The molecule has 0 N–H and O–H groups in total. The van der Waals surface area contributed by atoms with Crippen molar-refractivity contribution in [2.45, 2.75) is 20.8 Å². The van der Waals surface area contributed by atoms with Crippen molar-refractivity contribution in [2.75, 3.05) is 13.6 Å². The first kappa shape index (κ1) is 18.4. The zero-order valence-electron chi connectivity index (χ0n) is 15.5. The minimum atomic E-state index is 0.762. The van der Waals surface area contributed by atoms with Gasteiger partial charge in [-0.25, -0.2) is 4.99 Å². The Labute approximate surface area is 162 Å². The smallest absolute Gasteiger partial charge is 0.167 e.